The molecule has 0 unspecified atom stereocenters. The fourth-order valence-corrected chi connectivity index (χ4v) is 4.28. The molecule has 9 heteroatoms. The lowest BCUT2D eigenvalue weighted by Crippen LogP contribution is -2.14. The fraction of sp³-hybridized carbons (Fsp3) is 0.235. The molecule has 0 saturated heterocycles. The molecule has 2 aromatic carbocycles. The fourth-order valence-electron chi connectivity index (χ4n) is 2.02. The van der Waals surface area contributed by atoms with Crippen molar-refractivity contribution < 1.29 is 22.8 Å². The molecule has 0 atom stereocenters. The minimum absolute atomic E-state index is 0.162. The zero-order chi connectivity index (χ0) is 19.2. The number of amides is 1. The van der Waals surface area contributed by atoms with Crippen molar-refractivity contribution in [2.75, 3.05) is 18.5 Å². The van der Waals surface area contributed by atoms with Crippen molar-refractivity contribution in [1.29, 1.82) is 0 Å². The van der Waals surface area contributed by atoms with Crippen LogP contribution in [0.3, 0.4) is 0 Å². The Kier molecular flexibility index (Phi) is 7.55. The second kappa shape index (κ2) is 9.44. The van der Waals surface area contributed by atoms with Gasteiger partial charge < -0.3 is 9.84 Å². The summed E-state index contributed by atoms with van der Waals surface area (Å²) in [5.74, 6) is -0.688. The van der Waals surface area contributed by atoms with Crippen LogP contribution < -0.4 is 9.84 Å². The summed E-state index contributed by atoms with van der Waals surface area (Å²) in [6, 6.07) is 9.94. The van der Waals surface area contributed by atoms with Gasteiger partial charge in [0.15, 0.2) is 0 Å². The zero-order valence-corrected chi connectivity index (χ0v) is 16.7. The zero-order valence-electron chi connectivity index (χ0n) is 14.2. The summed E-state index contributed by atoms with van der Waals surface area (Å²) in [4.78, 5) is 12.6. The van der Waals surface area contributed by atoms with Crippen molar-refractivity contribution >= 4 is 41.7 Å². The van der Waals surface area contributed by atoms with E-state index in [1.54, 1.807) is 19.9 Å². The van der Waals surface area contributed by atoms with Gasteiger partial charge in [0.1, 0.15) is 11.6 Å². The molecule has 0 spiro atoms. The Morgan fingerprint density at radius 2 is 1.77 bits per heavy atom. The van der Waals surface area contributed by atoms with Crippen molar-refractivity contribution in [2.45, 2.75) is 13.8 Å². The third-order valence-corrected chi connectivity index (χ3v) is 5.73. The molecule has 5 nitrogen and oxygen atoms in total. The Labute approximate surface area is 161 Å². The summed E-state index contributed by atoms with van der Waals surface area (Å²) < 4.78 is 29.6. The second-order valence-corrected chi connectivity index (χ2v) is 8.35. The number of benzene rings is 2. The summed E-state index contributed by atoms with van der Waals surface area (Å²) in [6.45, 7) is 1.11. The molecule has 0 aliphatic heterocycles. The summed E-state index contributed by atoms with van der Waals surface area (Å²) in [7, 11) is 0. The van der Waals surface area contributed by atoms with E-state index in [9.17, 15) is 9.18 Å². The van der Waals surface area contributed by atoms with E-state index in [4.69, 9.17) is 37.0 Å². The van der Waals surface area contributed by atoms with Crippen molar-refractivity contribution in [3.05, 3.63) is 58.9 Å². The van der Waals surface area contributed by atoms with Gasteiger partial charge in [-0.15, -0.1) is 0 Å². The Balaban J connectivity index is 2.30. The smallest absolute Gasteiger partial charge is 0.380 e. The third-order valence-electron chi connectivity index (χ3n) is 3.07. The van der Waals surface area contributed by atoms with Gasteiger partial charge in [0.25, 0.3) is 5.91 Å². The number of rotatable bonds is 8. The first-order chi connectivity index (χ1) is 12.4. The quantitative estimate of drug-likeness (QED) is 0.582. The number of hydrogen-bond acceptors (Lipinski definition) is 5. The summed E-state index contributed by atoms with van der Waals surface area (Å²) in [5.41, 5.74) is 0.590. The molecule has 1 amide bonds. The van der Waals surface area contributed by atoms with E-state index < -0.39 is 18.4 Å². The maximum absolute atomic E-state index is 13.0. The van der Waals surface area contributed by atoms with Crippen LogP contribution in [0.5, 0.6) is 5.75 Å². The van der Waals surface area contributed by atoms with Crippen LogP contribution in [-0.2, 0) is 20.9 Å². The normalized spacial score (nSPS) is 11.2. The Morgan fingerprint density at radius 3 is 2.35 bits per heavy atom. The van der Waals surface area contributed by atoms with Crippen molar-refractivity contribution in [2.24, 2.45) is 0 Å². The van der Waals surface area contributed by atoms with Crippen LogP contribution in [0.25, 0.3) is 0 Å². The Bertz CT molecular complexity index is 809. The molecule has 0 aliphatic rings. The number of carbonyl (C=O) groups is 1. The average molecular weight is 418 g/mol. The van der Waals surface area contributed by atoms with E-state index in [0.717, 1.165) is 0 Å². The number of nitrogens with one attached hydrogen (secondary N) is 1. The molecule has 2 rings (SSSR count). The Morgan fingerprint density at radius 1 is 1.15 bits per heavy atom. The maximum Gasteiger partial charge on any atom is 0.380 e. The van der Waals surface area contributed by atoms with E-state index in [1.807, 2.05) is 0 Å². The van der Waals surface area contributed by atoms with E-state index in [-0.39, 0.29) is 11.3 Å². The van der Waals surface area contributed by atoms with Gasteiger partial charge in [-0.2, -0.15) is 0 Å². The van der Waals surface area contributed by atoms with E-state index in [1.165, 1.54) is 36.4 Å². The molecule has 0 saturated carbocycles. The summed E-state index contributed by atoms with van der Waals surface area (Å²) >= 11 is 11.4. The molecule has 0 heterocycles. The molecule has 0 aromatic heterocycles. The number of halogens is 2. The lowest BCUT2D eigenvalue weighted by Gasteiger charge is -2.22. The first-order valence-corrected chi connectivity index (χ1v) is 10.8. The third kappa shape index (κ3) is 5.76. The van der Waals surface area contributed by atoms with Crippen LogP contribution in [0.1, 0.15) is 24.2 Å². The van der Waals surface area contributed by atoms with Crippen LogP contribution in [-0.4, -0.2) is 19.1 Å². The minimum atomic E-state index is -3.05. The van der Waals surface area contributed by atoms with Gasteiger partial charge in [-0.1, -0.05) is 11.6 Å². The Hall–Kier alpha value is -1.50. The highest BCUT2D eigenvalue weighted by molar-refractivity contribution is 8.07. The number of hydrogen-bond donors (Lipinski definition) is 1. The first-order valence-electron chi connectivity index (χ1n) is 7.82. The monoisotopic (exact) mass is 417 g/mol. The molecule has 26 heavy (non-hydrogen) atoms. The van der Waals surface area contributed by atoms with Crippen LogP contribution in [0.2, 0.25) is 5.02 Å². The summed E-state index contributed by atoms with van der Waals surface area (Å²) in [5, 5.41) is 3.01. The molecule has 0 radical (unpaired) electrons. The van der Waals surface area contributed by atoms with Gasteiger partial charge in [-0.05, 0) is 56.3 Å². The molecule has 2 aromatic rings. The number of carbonyl (C=O) groups excluding carboxylic acids is 1. The van der Waals surface area contributed by atoms with Gasteiger partial charge in [-0.3, -0.25) is 13.8 Å². The largest absolute Gasteiger partial charge is 0.423 e. The minimum Gasteiger partial charge on any atom is -0.423 e. The highest BCUT2D eigenvalue weighted by Crippen LogP contribution is 2.50. The highest BCUT2D eigenvalue weighted by atomic mass is 35.5. The predicted octanol–water partition coefficient (Wildman–Crippen LogP) is 5.41. The van der Waals surface area contributed by atoms with Gasteiger partial charge in [0.2, 0.25) is 0 Å². The lowest BCUT2D eigenvalue weighted by molar-refractivity contribution is 0.102. The molecule has 1 N–H and O–H groups in total. The molecule has 0 fully saturated rings. The number of anilines is 1. The van der Waals surface area contributed by atoms with E-state index >= 15 is 0 Å². The van der Waals surface area contributed by atoms with Crippen LogP contribution in [0.4, 0.5) is 10.1 Å². The van der Waals surface area contributed by atoms with Crippen molar-refractivity contribution in [3.8, 4) is 5.75 Å². The maximum atomic E-state index is 13.0. The molecule has 0 aliphatic carbocycles. The van der Waals surface area contributed by atoms with Gasteiger partial charge >= 0.3 is 6.72 Å². The first kappa shape index (κ1) is 20.8. The van der Waals surface area contributed by atoms with Crippen molar-refractivity contribution in [1.82, 2.24) is 0 Å². The van der Waals surface area contributed by atoms with E-state index in [0.29, 0.717) is 23.9 Å². The van der Waals surface area contributed by atoms with Gasteiger partial charge in [0, 0.05) is 22.5 Å². The molecule has 0 bridgehead atoms. The standard InChI is InChI=1S/C17H18ClFNO4PS/c1-3-22-25(26,23-4-2)24-16-10-5-12(18)11-15(16)17(21)20-14-8-6-13(19)7-9-14/h5-11H,3-4H2,1-2H3,(H,20,21). The summed E-state index contributed by atoms with van der Waals surface area (Å²) in [6.07, 6.45) is 0. The van der Waals surface area contributed by atoms with Crippen LogP contribution in [0.15, 0.2) is 42.5 Å². The molecular formula is C17H18ClFNO4PS. The average Bonchev–Trinajstić information content (AvgIpc) is 2.59. The van der Waals surface area contributed by atoms with Gasteiger partial charge in [0.05, 0.1) is 18.8 Å². The predicted molar refractivity (Wildman–Crippen MR) is 104 cm³/mol. The second-order valence-electron chi connectivity index (χ2n) is 4.98. The van der Waals surface area contributed by atoms with Crippen LogP contribution >= 0.6 is 18.3 Å². The topological polar surface area (TPSA) is 56.8 Å². The van der Waals surface area contributed by atoms with Crippen molar-refractivity contribution in [3.63, 3.8) is 0 Å². The SMILES string of the molecule is CCOP(=S)(OCC)Oc1ccc(Cl)cc1C(=O)Nc1ccc(F)cc1. The molecular weight excluding hydrogens is 400 g/mol. The van der Waals surface area contributed by atoms with Crippen LogP contribution in [0, 0.1) is 5.82 Å². The van der Waals surface area contributed by atoms with Gasteiger partial charge in [-0.25, -0.2) is 4.39 Å². The lowest BCUT2D eigenvalue weighted by atomic mass is 10.2. The van der Waals surface area contributed by atoms with E-state index in [2.05, 4.69) is 5.32 Å². The highest BCUT2D eigenvalue weighted by Gasteiger charge is 2.24. The molecule has 140 valence electrons.